The van der Waals surface area contributed by atoms with Crippen molar-refractivity contribution in [3.63, 3.8) is 0 Å². The van der Waals surface area contributed by atoms with Crippen LogP contribution in [0.25, 0.3) is 0 Å². The maximum absolute atomic E-state index is 6.10. The molecule has 2 aromatic rings. The van der Waals surface area contributed by atoms with Crippen LogP contribution in [0.15, 0.2) is 51.6 Å². The predicted octanol–water partition coefficient (Wildman–Crippen LogP) is 4.36. The number of rotatable bonds is 5. The fourth-order valence-electron chi connectivity index (χ4n) is 1.80. The van der Waals surface area contributed by atoms with E-state index in [4.69, 9.17) is 10.2 Å². The van der Waals surface area contributed by atoms with Gasteiger partial charge in [-0.05, 0) is 30.7 Å². The molecule has 96 valence electrons. The summed E-state index contributed by atoms with van der Waals surface area (Å²) in [5.41, 5.74) is 7.34. The number of thioether (sulfide) groups is 1. The Labute approximate surface area is 120 Å². The topological polar surface area (TPSA) is 39.2 Å². The Kier molecular flexibility index (Phi) is 4.92. The molecule has 0 saturated carbocycles. The molecule has 0 aliphatic carbocycles. The van der Waals surface area contributed by atoms with Crippen LogP contribution in [-0.4, -0.2) is 6.04 Å². The molecule has 0 saturated heterocycles. The van der Waals surface area contributed by atoms with Crippen LogP contribution in [0.3, 0.4) is 0 Å². The molecule has 0 fully saturated rings. The van der Waals surface area contributed by atoms with Crippen LogP contribution < -0.4 is 5.73 Å². The van der Waals surface area contributed by atoms with Crippen LogP contribution in [0, 0.1) is 0 Å². The molecule has 2 N–H and O–H groups in total. The Morgan fingerprint density at radius 2 is 2.06 bits per heavy atom. The number of hydrogen-bond donors (Lipinski definition) is 1. The molecule has 0 radical (unpaired) electrons. The van der Waals surface area contributed by atoms with Gasteiger partial charge < -0.3 is 10.2 Å². The van der Waals surface area contributed by atoms with E-state index >= 15 is 0 Å². The molecule has 4 heteroatoms. The first-order valence-corrected chi connectivity index (χ1v) is 7.66. The van der Waals surface area contributed by atoms with Crippen molar-refractivity contribution in [3.8, 4) is 0 Å². The number of nitrogens with two attached hydrogens (primary N) is 1. The minimum atomic E-state index is 0.0867. The first-order valence-electron chi connectivity index (χ1n) is 5.82. The Bertz CT molecular complexity index is 484. The molecule has 18 heavy (non-hydrogen) atoms. The minimum absolute atomic E-state index is 0.0867. The van der Waals surface area contributed by atoms with Crippen LogP contribution in [0.1, 0.15) is 23.5 Å². The van der Waals surface area contributed by atoms with Crippen molar-refractivity contribution in [1.29, 1.82) is 0 Å². The van der Waals surface area contributed by atoms with Gasteiger partial charge in [0.2, 0.25) is 0 Å². The SMILES string of the molecule is CC(N)C(SCc1ccco1)c1ccccc1Br. The fourth-order valence-corrected chi connectivity index (χ4v) is 3.68. The van der Waals surface area contributed by atoms with E-state index in [1.165, 1.54) is 5.56 Å². The van der Waals surface area contributed by atoms with E-state index in [-0.39, 0.29) is 11.3 Å². The zero-order valence-corrected chi connectivity index (χ0v) is 12.6. The summed E-state index contributed by atoms with van der Waals surface area (Å²) in [5.74, 6) is 1.82. The quantitative estimate of drug-likeness (QED) is 0.887. The van der Waals surface area contributed by atoms with E-state index in [9.17, 15) is 0 Å². The fraction of sp³-hybridized carbons (Fsp3) is 0.286. The van der Waals surface area contributed by atoms with Gasteiger partial charge in [-0.25, -0.2) is 0 Å². The van der Waals surface area contributed by atoms with Crippen LogP contribution >= 0.6 is 27.7 Å². The third-order valence-electron chi connectivity index (χ3n) is 2.67. The Balaban J connectivity index is 2.11. The van der Waals surface area contributed by atoms with Crippen LogP contribution in [0.5, 0.6) is 0 Å². The molecule has 2 atom stereocenters. The molecule has 0 spiro atoms. The predicted molar refractivity (Wildman–Crippen MR) is 80.5 cm³/mol. The summed E-state index contributed by atoms with van der Waals surface area (Å²) in [6.07, 6.45) is 1.70. The number of benzene rings is 1. The van der Waals surface area contributed by atoms with Gasteiger partial charge in [-0.3, -0.25) is 0 Å². The molecule has 0 aliphatic rings. The molecule has 1 aromatic carbocycles. The van der Waals surface area contributed by atoms with E-state index in [2.05, 4.69) is 28.1 Å². The summed E-state index contributed by atoms with van der Waals surface area (Å²) < 4.78 is 6.47. The van der Waals surface area contributed by atoms with Crippen molar-refractivity contribution in [1.82, 2.24) is 0 Å². The minimum Gasteiger partial charge on any atom is -0.468 e. The monoisotopic (exact) mass is 325 g/mol. The zero-order chi connectivity index (χ0) is 13.0. The van der Waals surface area contributed by atoms with Crippen molar-refractivity contribution < 1.29 is 4.42 Å². The Morgan fingerprint density at radius 3 is 2.67 bits per heavy atom. The maximum Gasteiger partial charge on any atom is 0.113 e. The van der Waals surface area contributed by atoms with Crippen LogP contribution in [-0.2, 0) is 5.75 Å². The number of furan rings is 1. The summed E-state index contributed by atoms with van der Waals surface area (Å²) in [6.45, 7) is 2.04. The lowest BCUT2D eigenvalue weighted by atomic mass is 10.1. The highest BCUT2D eigenvalue weighted by Crippen LogP contribution is 2.37. The Hall–Kier alpha value is -0.710. The van der Waals surface area contributed by atoms with Gasteiger partial charge in [-0.1, -0.05) is 34.1 Å². The van der Waals surface area contributed by atoms with Crippen LogP contribution in [0.4, 0.5) is 0 Å². The third kappa shape index (κ3) is 3.40. The van der Waals surface area contributed by atoms with Crippen molar-refractivity contribution >= 4 is 27.7 Å². The van der Waals surface area contributed by atoms with Gasteiger partial charge in [-0.2, -0.15) is 0 Å². The Morgan fingerprint density at radius 1 is 1.28 bits per heavy atom. The lowest BCUT2D eigenvalue weighted by Crippen LogP contribution is -2.23. The van der Waals surface area contributed by atoms with Gasteiger partial charge >= 0.3 is 0 Å². The van der Waals surface area contributed by atoms with E-state index in [0.717, 1.165) is 16.0 Å². The lowest BCUT2D eigenvalue weighted by molar-refractivity contribution is 0.530. The second-order valence-electron chi connectivity index (χ2n) is 4.19. The number of hydrogen-bond acceptors (Lipinski definition) is 3. The van der Waals surface area contributed by atoms with E-state index in [0.29, 0.717) is 0 Å². The third-order valence-corrected chi connectivity index (χ3v) is 4.89. The van der Waals surface area contributed by atoms with Gasteiger partial charge in [0.1, 0.15) is 5.76 Å². The van der Waals surface area contributed by atoms with Crippen LogP contribution in [0.2, 0.25) is 0 Å². The van der Waals surface area contributed by atoms with E-state index in [1.54, 1.807) is 18.0 Å². The molecule has 2 unspecified atom stereocenters. The first kappa shape index (κ1) is 13.7. The highest BCUT2D eigenvalue weighted by atomic mass is 79.9. The zero-order valence-electron chi connectivity index (χ0n) is 10.2. The smallest absolute Gasteiger partial charge is 0.113 e. The van der Waals surface area contributed by atoms with Gasteiger partial charge in [0.05, 0.1) is 12.0 Å². The summed E-state index contributed by atoms with van der Waals surface area (Å²) in [6, 6.07) is 12.2. The van der Waals surface area contributed by atoms with Crippen molar-refractivity contribution in [2.75, 3.05) is 0 Å². The molecule has 0 amide bonds. The standard InChI is InChI=1S/C14H16BrNOS/c1-10(16)14(12-6-2-3-7-13(12)15)18-9-11-5-4-8-17-11/h2-8,10,14H,9,16H2,1H3. The average Bonchev–Trinajstić information content (AvgIpc) is 2.84. The summed E-state index contributed by atoms with van der Waals surface area (Å²) in [5, 5.41) is 0.255. The van der Waals surface area contributed by atoms with E-state index in [1.807, 2.05) is 31.2 Å². The summed E-state index contributed by atoms with van der Waals surface area (Å²) in [4.78, 5) is 0. The normalized spacial score (nSPS) is 14.4. The van der Waals surface area contributed by atoms with Gasteiger partial charge in [0.25, 0.3) is 0 Å². The molecule has 0 bridgehead atoms. The summed E-state index contributed by atoms with van der Waals surface area (Å²) >= 11 is 5.40. The molecule has 2 nitrogen and oxygen atoms in total. The van der Waals surface area contributed by atoms with E-state index < -0.39 is 0 Å². The average molecular weight is 326 g/mol. The molecule has 1 heterocycles. The summed E-state index contributed by atoms with van der Waals surface area (Å²) in [7, 11) is 0. The maximum atomic E-state index is 6.10. The van der Waals surface area contributed by atoms with Gasteiger partial charge in [0, 0.05) is 15.8 Å². The second kappa shape index (κ2) is 6.45. The molecular weight excluding hydrogens is 310 g/mol. The van der Waals surface area contributed by atoms with Gasteiger partial charge in [-0.15, -0.1) is 11.8 Å². The molecular formula is C14H16BrNOS. The molecule has 0 aliphatic heterocycles. The van der Waals surface area contributed by atoms with Crippen molar-refractivity contribution in [3.05, 3.63) is 58.5 Å². The van der Waals surface area contributed by atoms with Crippen molar-refractivity contribution in [2.45, 2.75) is 24.0 Å². The number of halogens is 1. The highest BCUT2D eigenvalue weighted by Gasteiger charge is 2.19. The van der Waals surface area contributed by atoms with Gasteiger partial charge in [0.15, 0.2) is 0 Å². The highest BCUT2D eigenvalue weighted by molar-refractivity contribution is 9.10. The first-order chi connectivity index (χ1) is 8.68. The molecule has 1 aromatic heterocycles. The van der Waals surface area contributed by atoms with Crippen molar-refractivity contribution in [2.24, 2.45) is 5.73 Å². The largest absolute Gasteiger partial charge is 0.468 e. The lowest BCUT2D eigenvalue weighted by Gasteiger charge is -2.21. The second-order valence-corrected chi connectivity index (χ2v) is 6.18. The molecule has 2 rings (SSSR count).